The van der Waals surface area contributed by atoms with Gasteiger partial charge in [-0.25, -0.2) is 0 Å². The van der Waals surface area contributed by atoms with Gasteiger partial charge in [-0.2, -0.15) is 4.98 Å². The summed E-state index contributed by atoms with van der Waals surface area (Å²) in [7, 11) is 1.50. The molecule has 2 heterocycles. The molecular weight excluding hydrogens is 272 g/mol. The minimum atomic E-state index is -0.422. The van der Waals surface area contributed by atoms with Crippen LogP contribution in [-0.2, 0) is 0 Å². The van der Waals surface area contributed by atoms with Gasteiger partial charge in [0.25, 0.3) is 0 Å². The third kappa shape index (κ3) is 4.04. The van der Waals surface area contributed by atoms with Gasteiger partial charge in [-0.3, -0.25) is 10.1 Å². The van der Waals surface area contributed by atoms with Gasteiger partial charge >= 0.3 is 5.69 Å². The first-order valence-electron chi connectivity index (χ1n) is 7.29. The number of likely N-dealkylation sites (tertiary alicyclic amines) is 1. The maximum Gasteiger partial charge on any atom is 0.311 e. The zero-order valence-corrected chi connectivity index (χ0v) is 12.5. The normalized spacial score (nSPS) is 16.7. The number of rotatable bonds is 6. The molecule has 0 unspecified atom stereocenters. The zero-order valence-electron chi connectivity index (χ0n) is 12.5. The lowest BCUT2D eigenvalue weighted by atomic mass is 9.97. The summed E-state index contributed by atoms with van der Waals surface area (Å²) in [5, 5.41) is 14.2. The molecule has 0 amide bonds. The van der Waals surface area contributed by atoms with E-state index in [4.69, 9.17) is 4.74 Å². The van der Waals surface area contributed by atoms with Crippen molar-refractivity contribution >= 4 is 11.5 Å². The van der Waals surface area contributed by atoms with Gasteiger partial charge in [0, 0.05) is 18.7 Å². The number of methoxy groups -OCH3 is 1. The Balaban J connectivity index is 1.97. The van der Waals surface area contributed by atoms with Crippen LogP contribution in [0, 0.1) is 16.0 Å². The Bertz CT molecular complexity index is 487. The molecule has 7 nitrogen and oxygen atoms in total. The number of aromatic nitrogens is 1. The highest BCUT2D eigenvalue weighted by Gasteiger charge is 2.21. The van der Waals surface area contributed by atoms with Crippen LogP contribution < -0.4 is 10.1 Å². The summed E-state index contributed by atoms with van der Waals surface area (Å²) < 4.78 is 5.03. The smallest absolute Gasteiger partial charge is 0.311 e. The Morgan fingerprint density at radius 1 is 1.48 bits per heavy atom. The molecule has 1 N–H and O–H groups in total. The summed E-state index contributed by atoms with van der Waals surface area (Å²) in [6.07, 6.45) is 2.22. The van der Waals surface area contributed by atoms with E-state index in [-0.39, 0.29) is 11.5 Å². The lowest BCUT2D eigenvalue weighted by Gasteiger charge is -2.31. The van der Waals surface area contributed by atoms with Crippen LogP contribution in [0.5, 0.6) is 5.88 Å². The summed E-state index contributed by atoms with van der Waals surface area (Å²) >= 11 is 0. The number of anilines is 1. The van der Waals surface area contributed by atoms with Crippen molar-refractivity contribution in [2.75, 3.05) is 38.6 Å². The fourth-order valence-corrected chi connectivity index (χ4v) is 2.57. The Morgan fingerprint density at radius 3 is 2.76 bits per heavy atom. The topological polar surface area (TPSA) is 80.5 Å². The van der Waals surface area contributed by atoms with Crippen LogP contribution in [0.1, 0.15) is 19.8 Å². The summed E-state index contributed by atoms with van der Waals surface area (Å²) in [4.78, 5) is 17.2. The molecule has 0 bridgehead atoms. The van der Waals surface area contributed by atoms with Gasteiger partial charge in [0.2, 0.25) is 11.7 Å². The lowest BCUT2D eigenvalue weighted by Crippen LogP contribution is -2.35. The number of nitrogens with one attached hydrogen (secondary N) is 1. The number of hydrogen-bond acceptors (Lipinski definition) is 6. The first-order valence-corrected chi connectivity index (χ1v) is 7.29. The largest absolute Gasteiger partial charge is 0.481 e. The predicted molar refractivity (Wildman–Crippen MR) is 80.8 cm³/mol. The van der Waals surface area contributed by atoms with E-state index in [0.717, 1.165) is 32.5 Å². The predicted octanol–water partition coefficient (Wildman–Crippen LogP) is 2.14. The van der Waals surface area contributed by atoms with Gasteiger partial charge in [-0.05, 0) is 38.4 Å². The van der Waals surface area contributed by atoms with Crippen LogP contribution in [0.3, 0.4) is 0 Å². The molecule has 2 rings (SSSR count). The minimum Gasteiger partial charge on any atom is -0.481 e. The van der Waals surface area contributed by atoms with Crippen molar-refractivity contribution in [3.05, 3.63) is 22.2 Å². The maximum atomic E-state index is 11.0. The van der Waals surface area contributed by atoms with Crippen molar-refractivity contribution < 1.29 is 9.66 Å². The van der Waals surface area contributed by atoms with Crippen LogP contribution in [-0.4, -0.2) is 48.1 Å². The number of ether oxygens (including phenoxy) is 1. The molecule has 0 radical (unpaired) electrons. The van der Waals surface area contributed by atoms with Gasteiger partial charge in [0.1, 0.15) is 0 Å². The second-order valence-electron chi connectivity index (χ2n) is 5.24. The van der Waals surface area contributed by atoms with E-state index in [9.17, 15) is 10.1 Å². The molecule has 0 saturated carbocycles. The highest BCUT2D eigenvalue weighted by atomic mass is 16.6. The van der Waals surface area contributed by atoms with E-state index < -0.39 is 4.92 Å². The first kappa shape index (κ1) is 15.5. The second-order valence-corrected chi connectivity index (χ2v) is 5.24. The Hall–Kier alpha value is -1.89. The molecule has 1 aliphatic rings. The number of hydrogen-bond donors (Lipinski definition) is 1. The van der Waals surface area contributed by atoms with Crippen molar-refractivity contribution in [3.63, 3.8) is 0 Å². The summed E-state index contributed by atoms with van der Waals surface area (Å²) in [5.74, 6) is 1.20. The van der Waals surface area contributed by atoms with E-state index in [0.29, 0.717) is 18.3 Å². The molecule has 1 saturated heterocycles. The van der Waals surface area contributed by atoms with Gasteiger partial charge < -0.3 is 15.0 Å². The standard InChI is InChI=1S/C14H22N4O3/c1-3-17-8-6-11(7-9-17)10-15-14-12(18(19)20)4-5-13(16-14)21-2/h4-5,11H,3,6-10H2,1-2H3,(H,15,16). The minimum absolute atomic E-state index is 0.0122. The van der Waals surface area contributed by atoms with Crippen LogP contribution in [0.25, 0.3) is 0 Å². The number of piperidine rings is 1. The summed E-state index contributed by atoms with van der Waals surface area (Å²) in [6.45, 7) is 6.15. The SMILES string of the molecule is CCN1CCC(CNc2nc(OC)ccc2[N+](=O)[O-])CC1. The summed E-state index contributed by atoms with van der Waals surface area (Å²) in [6, 6.07) is 2.93. The Morgan fingerprint density at radius 2 is 2.19 bits per heavy atom. The van der Waals surface area contributed by atoms with Gasteiger partial charge in [-0.1, -0.05) is 6.92 Å². The first-order chi connectivity index (χ1) is 10.1. The Kier molecular flexibility index (Phi) is 5.32. The molecule has 0 atom stereocenters. The Labute approximate surface area is 124 Å². The van der Waals surface area contributed by atoms with E-state index in [1.54, 1.807) is 0 Å². The number of pyridine rings is 1. The van der Waals surface area contributed by atoms with Crippen molar-refractivity contribution in [2.24, 2.45) is 5.92 Å². The molecule has 1 fully saturated rings. The average Bonchev–Trinajstić information content (AvgIpc) is 2.52. The molecule has 0 aliphatic carbocycles. The van der Waals surface area contributed by atoms with Crippen molar-refractivity contribution in [3.8, 4) is 5.88 Å². The fourth-order valence-electron chi connectivity index (χ4n) is 2.57. The third-order valence-electron chi connectivity index (χ3n) is 3.97. The van der Waals surface area contributed by atoms with Crippen LogP contribution >= 0.6 is 0 Å². The van der Waals surface area contributed by atoms with E-state index in [1.807, 2.05) is 0 Å². The van der Waals surface area contributed by atoms with E-state index in [1.165, 1.54) is 19.2 Å². The highest BCUT2D eigenvalue weighted by Crippen LogP contribution is 2.26. The molecule has 7 heteroatoms. The molecule has 116 valence electrons. The van der Waals surface area contributed by atoms with Crippen molar-refractivity contribution in [1.29, 1.82) is 0 Å². The fraction of sp³-hybridized carbons (Fsp3) is 0.643. The van der Waals surface area contributed by atoms with Gasteiger partial charge in [0.15, 0.2) is 0 Å². The zero-order chi connectivity index (χ0) is 15.2. The van der Waals surface area contributed by atoms with Crippen LogP contribution in [0.15, 0.2) is 12.1 Å². The van der Waals surface area contributed by atoms with Crippen molar-refractivity contribution in [2.45, 2.75) is 19.8 Å². The van der Waals surface area contributed by atoms with Crippen LogP contribution in [0.2, 0.25) is 0 Å². The molecule has 21 heavy (non-hydrogen) atoms. The molecule has 1 aliphatic heterocycles. The molecule has 1 aromatic rings. The highest BCUT2D eigenvalue weighted by molar-refractivity contribution is 5.57. The van der Waals surface area contributed by atoms with Gasteiger partial charge in [0.05, 0.1) is 12.0 Å². The quantitative estimate of drug-likeness (QED) is 0.639. The number of nitro groups is 1. The van der Waals surface area contributed by atoms with Crippen molar-refractivity contribution in [1.82, 2.24) is 9.88 Å². The molecular formula is C14H22N4O3. The van der Waals surface area contributed by atoms with Crippen LogP contribution in [0.4, 0.5) is 11.5 Å². The average molecular weight is 294 g/mol. The maximum absolute atomic E-state index is 11.0. The van der Waals surface area contributed by atoms with E-state index in [2.05, 4.69) is 22.1 Å². The monoisotopic (exact) mass is 294 g/mol. The lowest BCUT2D eigenvalue weighted by molar-refractivity contribution is -0.384. The summed E-state index contributed by atoms with van der Waals surface area (Å²) in [5.41, 5.74) is -0.0122. The van der Waals surface area contributed by atoms with E-state index >= 15 is 0 Å². The molecule has 1 aromatic heterocycles. The second kappa shape index (κ2) is 7.21. The molecule has 0 spiro atoms. The number of nitrogens with zero attached hydrogens (tertiary/aromatic N) is 3. The molecule has 0 aromatic carbocycles. The third-order valence-corrected chi connectivity index (χ3v) is 3.97. The van der Waals surface area contributed by atoms with Gasteiger partial charge in [-0.15, -0.1) is 0 Å².